The van der Waals surface area contributed by atoms with E-state index in [0.29, 0.717) is 0 Å². The molecule has 0 atom stereocenters. The van der Waals surface area contributed by atoms with Gasteiger partial charge in [-0.3, -0.25) is 0 Å². The largest absolute Gasteiger partial charge is 0.415 e. The van der Waals surface area contributed by atoms with E-state index < -0.39 is 12.1 Å². The van der Waals surface area contributed by atoms with Crippen LogP contribution in [0, 0.1) is 6.92 Å². The summed E-state index contributed by atoms with van der Waals surface area (Å²) in [6.07, 6.45) is -0.648. The maximum Gasteiger partial charge on any atom is 0.415 e. The van der Waals surface area contributed by atoms with Gasteiger partial charge < -0.3 is 10.1 Å². The molecule has 1 fully saturated rings. The molecule has 1 saturated heterocycles. The van der Waals surface area contributed by atoms with Crippen LogP contribution in [0.25, 0.3) is 0 Å². The van der Waals surface area contributed by atoms with Gasteiger partial charge in [0.1, 0.15) is 6.54 Å². The molecular formula is C10H11NO3. The molecule has 2 rings (SSSR count). The van der Waals surface area contributed by atoms with Gasteiger partial charge in [-0.15, -0.1) is 0 Å². The number of amides is 1. The normalized spacial score (nSPS) is 13.8. The molecule has 1 aliphatic rings. The van der Waals surface area contributed by atoms with E-state index in [9.17, 15) is 9.59 Å². The molecule has 0 aliphatic carbocycles. The summed E-state index contributed by atoms with van der Waals surface area (Å²) < 4.78 is 3.97. The molecule has 1 aliphatic heterocycles. The van der Waals surface area contributed by atoms with Gasteiger partial charge in [0, 0.05) is 0 Å². The number of rotatable bonds is 0. The summed E-state index contributed by atoms with van der Waals surface area (Å²) in [5.74, 6) is -0.509. The summed E-state index contributed by atoms with van der Waals surface area (Å²) in [5, 5.41) is 2.16. The van der Waals surface area contributed by atoms with Crippen molar-refractivity contribution >= 4 is 12.1 Å². The molecule has 0 unspecified atom stereocenters. The molecule has 74 valence electrons. The van der Waals surface area contributed by atoms with Gasteiger partial charge in [-0.2, -0.15) is 0 Å². The average molecular weight is 193 g/mol. The Morgan fingerprint density at radius 1 is 1.21 bits per heavy atom. The van der Waals surface area contributed by atoms with Crippen molar-refractivity contribution in [2.45, 2.75) is 6.92 Å². The second-order valence-corrected chi connectivity index (χ2v) is 2.77. The molecule has 1 amide bonds. The van der Waals surface area contributed by atoms with Crippen molar-refractivity contribution in [2.24, 2.45) is 0 Å². The summed E-state index contributed by atoms with van der Waals surface area (Å²) in [6, 6.07) is 10.3. The highest BCUT2D eigenvalue weighted by molar-refractivity contribution is 5.92. The second kappa shape index (κ2) is 5.01. The van der Waals surface area contributed by atoms with Crippen LogP contribution in [-0.2, 0) is 9.53 Å². The van der Waals surface area contributed by atoms with Crippen LogP contribution < -0.4 is 5.32 Å². The smallest absolute Gasteiger partial charge is 0.375 e. The lowest BCUT2D eigenvalue weighted by atomic mass is 10.2. The third-order valence-corrected chi connectivity index (χ3v) is 1.52. The average Bonchev–Trinajstić information content (AvgIpc) is 2.52. The summed E-state index contributed by atoms with van der Waals surface area (Å²) in [7, 11) is 0. The lowest BCUT2D eigenvalue weighted by Crippen LogP contribution is -2.12. The lowest BCUT2D eigenvalue weighted by Gasteiger charge is -1.82. The molecule has 4 nitrogen and oxygen atoms in total. The SMILES string of the molecule is Cc1ccccc1.O=C1CNC(=O)O1. The quantitative estimate of drug-likeness (QED) is 0.498. The van der Waals surface area contributed by atoms with E-state index in [1.165, 1.54) is 5.56 Å². The van der Waals surface area contributed by atoms with E-state index in [2.05, 4.69) is 29.1 Å². The van der Waals surface area contributed by atoms with Gasteiger partial charge in [0.25, 0.3) is 0 Å². The zero-order valence-electron chi connectivity index (χ0n) is 7.82. The Morgan fingerprint density at radius 3 is 2.07 bits per heavy atom. The minimum absolute atomic E-state index is 0.0127. The molecular weight excluding hydrogens is 182 g/mol. The molecule has 0 saturated carbocycles. The standard InChI is InChI=1S/C7H8.C3H3NO3/c1-7-5-3-2-4-6-7;5-2-1-4-3(6)7-2/h2-6H,1H3;1H2,(H,4,6). The van der Waals surface area contributed by atoms with Gasteiger partial charge in [0.05, 0.1) is 0 Å². The highest BCUT2D eigenvalue weighted by Gasteiger charge is 2.17. The van der Waals surface area contributed by atoms with Crippen LogP contribution in [0.3, 0.4) is 0 Å². The van der Waals surface area contributed by atoms with Crippen LogP contribution in [-0.4, -0.2) is 18.6 Å². The topological polar surface area (TPSA) is 55.4 Å². The third-order valence-electron chi connectivity index (χ3n) is 1.52. The van der Waals surface area contributed by atoms with Gasteiger partial charge in [-0.05, 0) is 6.92 Å². The van der Waals surface area contributed by atoms with Gasteiger partial charge in [-0.1, -0.05) is 35.9 Å². The number of alkyl carbamates (subject to hydrolysis) is 1. The van der Waals surface area contributed by atoms with Crippen molar-refractivity contribution in [1.82, 2.24) is 5.32 Å². The summed E-state index contributed by atoms with van der Waals surface area (Å²) in [4.78, 5) is 19.8. The number of benzene rings is 1. The van der Waals surface area contributed by atoms with Crippen molar-refractivity contribution in [3.8, 4) is 0 Å². The fourth-order valence-corrected chi connectivity index (χ4v) is 0.854. The molecule has 0 radical (unpaired) electrons. The van der Waals surface area contributed by atoms with E-state index in [0.717, 1.165) is 0 Å². The first-order valence-corrected chi connectivity index (χ1v) is 4.18. The summed E-state index contributed by atoms with van der Waals surface area (Å²) >= 11 is 0. The molecule has 1 N–H and O–H groups in total. The Morgan fingerprint density at radius 2 is 1.86 bits per heavy atom. The minimum Gasteiger partial charge on any atom is -0.375 e. The number of hydrogen-bond donors (Lipinski definition) is 1. The van der Waals surface area contributed by atoms with Crippen molar-refractivity contribution in [2.75, 3.05) is 6.54 Å². The molecule has 14 heavy (non-hydrogen) atoms. The van der Waals surface area contributed by atoms with Crippen LogP contribution in [0.2, 0.25) is 0 Å². The Labute approximate surface area is 81.9 Å². The molecule has 1 heterocycles. The van der Waals surface area contributed by atoms with Crippen LogP contribution >= 0.6 is 0 Å². The van der Waals surface area contributed by atoms with Crippen molar-refractivity contribution in [3.05, 3.63) is 35.9 Å². The number of carbonyl (C=O) groups is 2. The first-order chi connectivity index (χ1) is 6.68. The lowest BCUT2D eigenvalue weighted by molar-refractivity contribution is -0.132. The highest BCUT2D eigenvalue weighted by Crippen LogP contribution is 1.92. The predicted octanol–water partition coefficient (Wildman–Crippen LogP) is 1.25. The number of esters is 1. The predicted molar refractivity (Wildman–Crippen MR) is 50.7 cm³/mol. The van der Waals surface area contributed by atoms with Gasteiger partial charge >= 0.3 is 12.1 Å². The number of carbonyl (C=O) groups excluding carboxylic acids is 2. The summed E-state index contributed by atoms with van der Waals surface area (Å²) in [5.41, 5.74) is 1.32. The van der Waals surface area contributed by atoms with Crippen LogP contribution in [0.1, 0.15) is 5.56 Å². The zero-order valence-corrected chi connectivity index (χ0v) is 7.82. The number of cyclic esters (lactones) is 2. The number of nitrogens with one attached hydrogen (secondary N) is 1. The van der Waals surface area contributed by atoms with Gasteiger partial charge in [0.15, 0.2) is 0 Å². The Bertz CT molecular complexity index is 307. The van der Waals surface area contributed by atoms with Gasteiger partial charge in [0.2, 0.25) is 0 Å². The van der Waals surface area contributed by atoms with Crippen LogP contribution in [0.4, 0.5) is 4.79 Å². The van der Waals surface area contributed by atoms with Gasteiger partial charge in [-0.25, -0.2) is 9.59 Å². The Hall–Kier alpha value is -1.84. The molecule has 0 aromatic heterocycles. The molecule has 1 aromatic rings. The second-order valence-electron chi connectivity index (χ2n) is 2.77. The van der Waals surface area contributed by atoms with Crippen LogP contribution in [0.15, 0.2) is 30.3 Å². The third kappa shape index (κ3) is 3.71. The minimum atomic E-state index is -0.648. The first-order valence-electron chi connectivity index (χ1n) is 4.18. The van der Waals surface area contributed by atoms with Crippen molar-refractivity contribution in [1.29, 1.82) is 0 Å². The molecule has 1 aromatic carbocycles. The first kappa shape index (κ1) is 10.2. The van der Waals surface area contributed by atoms with E-state index in [-0.39, 0.29) is 6.54 Å². The molecule has 0 spiro atoms. The van der Waals surface area contributed by atoms with E-state index >= 15 is 0 Å². The number of aryl methyl sites for hydroxylation is 1. The van der Waals surface area contributed by atoms with E-state index in [1.54, 1.807) is 0 Å². The fourth-order valence-electron chi connectivity index (χ4n) is 0.854. The number of hydrogen-bond acceptors (Lipinski definition) is 3. The Kier molecular flexibility index (Phi) is 3.67. The van der Waals surface area contributed by atoms with E-state index in [4.69, 9.17) is 0 Å². The Balaban J connectivity index is 0.000000140. The fraction of sp³-hybridized carbons (Fsp3) is 0.200. The van der Waals surface area contributed by atoms with Crippen molar-refractivity contribution < 1.29 is 14.3 Å². The van der Waals surface area contributed by atoms with E-state index in [1.807, 2.05) is 18.2 Å². The van der Waals surface area contributed by atoms with Crippen molar-refractivity contribution in [3.63, 3.8) is 0 Å². The van der Waals surface area contributed by atoms with Crippen LogP contribution in [0.5, 0.6) is 0 Å². The highest BCUT2D eigenvalue weighted by atomic mass is 16.6. The summed E-state index contributed by atoms with van der Waals surface area (Å²) in [6.45, 7) is 2.10. The molecule has 0 bridgehead atoms. The zero-order chi connectivity index (χ0) is 10.4. The molecule has 4 heteroatoms. The maximum atomic E-state index is 9.95. The monoisotopic (exact) mass is 193 g/mol. The number of ether oxygens (including phenoxy) is 1. The maximum absolute atomic E-state index is 9.95.